The van der Waals surface area contributed by atoms with Crippen LogP contribution in [-0.2, 0) is 10.0 Å². The van der Waals surface area contributed by atoms with Crippen LogP contribution in [0.15, 0.2) is 45.8 Å². The molecule has 27 heavy (non-hydrogen) atoms. The zero-order valence-electron chi connectivity index (χ0n) is 15.9. The summed E-state index contributed by atoms with van der Waals surface area (Å²) < 4.78 is 34.2. The molecule has 3 rings (SSSR count). The molecule has 2 aromatic rings. The second-order valence-electron chi connectivity index (χ2n) is 6.63. The van der Waals surface area contributed by atoms with Crippen molar-refractivity contribution in [3.63, 3.8) is 0 Å². The van der Waals surface area contributed by atoms with E-state index in [0.717, 1.165) is 4.47 Å². The minimum atomic E-state index is -3.61. The maximum atomic E-state index is 13.2. The van der Waals surface area contributed by atoms with E-state index in [1.54, 1.807) is 22.5 Å². The van der Waals surface area contributed by atoms with Gasteiger partial charge in [-0.05, 0) is 56.2 Å². The average molecular weight is 453 g/mol. The van der Waals surface area contributed by atoms with Crippen molar-refractivity contribution in [1.29, 1.82) is 0 Å². The van der Waals surface area contributed by atoms with Gasteiger partial charge in [-0.3, -0.25) is 0 Å². The molecule has 0 unspecified atom stereocenters. The molecule has 2 aromatic carbocycles. The van der Waals surface area contributed by atoms with E-state index in [0.29, 0.717) is 38.5 Å². The molecule has 0 spiro atoms. The van der Waals surface area contributed by atoms with E-state index in [-0.39, 0.29) is 4.90 Å². The highest BCUT2D eigenvalue weighted by Crippen LogP contribution is 2.31. The molecule has 0 N–H and O–H groups in total. The Labute approximate surface area is 170 Å². The predicted octanol–water partition coefficient (Wildman–Crippen LogP) is 3.98. The number of sulfonamides is 1. The van der Waals surface area contributed by atoms with Gasteiger partial charge in [0.1, 0.15) is 10.6 Å². The molecule has 1 fully saturated rings. The van der Waals surface area contributed by atoms with Crippen LogP contribution >= 0.6 is 15.9 Å². The molecule has 0 amide bonds. The van der Waals surface area contributed by atoms with E-state index in [2.05, 4.69) is 52.9 Å². The number of aryl methyl sites for hydroxylation is 1. The van der Waals surface area contributed by atoms with Crippen LogP contribution in [-0.4, -0.2) is 45.5 Å². The second kappa shape index (κ2) is 8.20. The van der Waals surface area contributed by atoms with Gasteiger partial charge in [0.05, 0.1) is 6.61 Å². The third kappa shape index (κ3) is 4.15. The highest BCUT2D eigenvalue weighted by molar-refractivity contribution is 9.10. The Morgan fingerprint density at radius 2 is 1.78 bits per heavy atom. The van der Waals surface area contributed by atoms with Crippen molar-refractivity contribution in [2.24, 2.45) is 0 Å². The normalized spacial score (nSPS) is 15.8. The maximum Gasteiger partial charge on any atom is 0.246 e. The number of hydrogen-bond donors (Lipinski definition) is 0. The number of halogens is 1. The first-order valence-corrected chi connectivity index (χ1v) is 11.3. The highest BCUT2D eigenvalue weighted by Gasteiger charge is 2.31. The lowest BCUT2D eigenvalue weighted by atomic mass is 10.1. The monoisotopic (exact) mass is 452 g/mol. The van der Waals surface area contributed by atoms with E-state index in [4.69, 9.17) is 4.74 Å². The van der Waals surface area contributed by atoms with Gasteiger partial charge in [-0.25, -0.2) is 8.42 Å². The van der Waals surface area contributed by atoms with Crippen LogP contribution in [0, 0.1) is 13.8 Å². The van der Waals surface area contributed by atoms with E-state index in [9.17, 15) is 8.42 Å². The molecule has 7 heteroatoms. The summed E-state index contributed by atoms with van der Waals surface area (Å²) >= 11 is 3.37. The van der Waals surface area contributed by atoms with Crippen LogP contribution in [0.3, 0.4) is 0 Å². The van der Waals surface area contributed by atoms with Crippen molar-refractivity contribution in [3.8, 4) is 5.75 Å². The standard InChI is InChI=1S/C20H25BrN2O3S/c1-4-26-19-9-8-17(21)14-20(19)27(24,25)23-12-10-22(11-13-23)18-7-5-6-15(2)16(18)3/h5-9,14H,4,10-13H2,1-3H3. The molecule has 0 saturated carbocycles. The van der Waals surface area contributed by atoms with Crippen molar-refractivity contribution in [2.45, 2.75) is 25.7 Å². The Hall–Kier alpha value is -1.57. The first-order valence-electron chi connectivity index (χ1n) is 9.08. The molecule has 0 bridgehead atoms. The minimum absolute atomic E-state index is 0.221. The average Bonchev–Trinajstić information content (AvgIpc) is 2.65. The van der Waals surface area contributed by atoms with E-state index in [1.807, 2.05) is 6.92 Å². The van der Waals surface area contributed by atoms with Gasteiger partial charge in [0.25, 0.3) is 0 Å². The summed E-state index contributed by atoms with van der Waals surface area (Å²) in [7, 11) is -3.61. The van der Waals surface area contributed by atoms with Crippen molar-refractivity contribution >= 4 is 31.6 Å². The predicted molar refractivity (Wildman–Crippen MR) is 112 cm³/mol. The van der Waals surface area contributed by atoms with Crippen LogP contribution in [0.1, 0.15) is 18.1 Å². The fraction of sp³-hybridized carbons (Fsp3) is 0.400. The molecule has 146 valence electrons. The summed E-state index contributed by atoms with van der Waals surface area (Å²) in [4.78, 5) is 2.48. The molecule has 1 heterocycles. The van der Waals surface area contributed by atoms with Gasteiger partial charge in [-0.15, -0.1) is 0 Å². The van der Waals surface area contributed by atoms with Crippen LogP contribution < -0.4 is 9.64 Å². The lowest BCUT2D eigenvalue weighted by Gasteiger charge is -2.36. The van der Waals surface area contributed by atoms with Gasteiger partial charge in [-0.1, -0.05) is 28.1 Å². The molecular formula is C20H25BrN2O3S. The molecule has 0 aromatic heterocycles. The minimum Gasteiger partial charge on any atom is -0.492 e. The topological polar surface area (TPSA) is 49.9 Å². The Balaban J connectivity index is 1.81. The van der Waals surface area contributed by atoms with Gasteiger partial charge in [0, 0.05) is 36.3 Å². The number of ether oxygens (including phenoxy) is 1. The van der Waals surface area contributed by atoms with Gasteiger partial charge in [0.15, 0.2) is 0 Å². The molecular weight excluding hydrogens is 428 g/mol. The number of nitrogens with zero attached hydrogens (tertiary/aromatic N) is 2. The zero-order valence-corrected chi connectivity index (χ0v) is 18.3. The van der Waals surface area contributed by atoms with Gasteiger partial charge in [-0.2, -0.15) is 4.31 Å². The van der Waals surface area contributed by atoms with Crippen LogP contribution in [0.4, 0.5) is 5.69 Å². The van der Waals surface area contributed by atoms with Crippen LogP contribution in [0.5, 0.6) is 5.75 Å². The summed E-state index contributed by atoms with van der Waals surface area (Å²) in [6, 6.07) is 11.4. The van der Waals surface area contributed by atoms with Gasteiger partial charge >= 0.3 is 0 Å². The molecule has 0 aliphatic carbocycles. The Kier molecular flexibility index (Phi) is 6.13. The van der Waals surface area contributed by atoms with Gasteiger partial charge < -0.3 is 9.64 Å². The summed E-state index contributed by atoms with van der Waals surface area (Å²) in [5, 5.41) is 0. The number of anilines is 1. The van der Waals surface area contributed by atoms with Crippen molar-refractivity contribution in [1.82, 2.24) is 4.31 Å². The first-order chi connectivity index (χ1) is 12.8. The van der Waals surface area contributed by atoms with Crippen LogP contribution in [0.2, 0.25) is 0 Å². The lowest BCUT2D eigenvalue weighted by molar-refractivity contribution is 0.327. The molecule has 1 aliphatic heterocycles. The fourth-order valence-corrected chi connectivity index (χ4v) is 5.44. The molecule has 0 atom stereocenters. The summed E-state index contributed by atoms with van der Waals surface area (Å²) in [5.41, 5.74) is 3.68. The summed E-state index contributed by atoms with van der Waals surface area (Å²) in [6.07, 6.45) is 0. The van der Waals surface area contributed by atoms with Crippen molar-refractivity contribution in [2.75, 3.05) is 37.7 Å². The summed E-state index contributed by atoms with van der Waals surface area (Å²) in [6.45, 7) is 8.72. The lowest BCUT2D eigenvalue weighted by Crippen LogP contribution is -2.49. The highest BCUT2D eigenvalue weighted by atomic mass is 79.9. The maximum absolute atomic E-state index is 13.2. The molecule has 5 nitrogen and oxygen atoms in total. The summed E-state index contributed by atoms with van der Waals surface area (Å²) in [5.74, 6) is 0.401. The zero-order chi connectivity index (χ0) is 19.6. The Morgan fingerprint density at radius 3 is 2.44 bits per heavy atom. The quantitative estimate of drug-likeness (QED) is 0.688. The SMILES string of the molecule is CCOc1ccc(Br)cc1S(=O)(=O)N1CCN(c2cccc(C)c2C)CC1. The number of piperazine rings is 1. The fourth-order valence-electron chi connectivity index (χ4n) is 3.34. The Morgan fingerprint density at radius 1 is 1.07 bits per heavy atom. The van der Waals surface area contributed by atoms with Crippen molar-refractivity contribution < 1.29 is 13.2 Å². The number of benzene rings is 2. The van der Waals surface area contributed by atoms with Crippen molar-refractivity contribution in [3.05, 3.63) is 52.0 Å². The van der Waals surface area contributed by atoms with Gasteiger partial charge in [0.2, 0.25) is 10.0 Å². The van der Waals surface area contributed by atoms with E-state index < -0.39 is 10.0 Å². The largest absolute Gasteiger partial charge is 0.492 e. The number of rotatable bonds is 5. The smallest absolute Gasteiger partial charge is 0.246 e. The second-order valence-corrected chi connectivity index (χ2v) is 9.46. The third-order valence-electron chi connectivity index (χ3n) is 4.98. The Bertz CT molecular complexity index is 923. The molecule has 1 aliphatic rings. The van der Waals surface area contributed by atoms with Crippen LogP contribution in [0.25, 0.3) is 0 Å². The van der Waals surface area contributed by atoms with E-state index in [1.165, 1.54) is 16.8 Å². The molecule has 1 saturated heterocycles. The number of hydrogen-bond acceptors (Lipinski definition) is 4. The first kappa shape index (κ1) is 20.2. The van der Waals surface area contributed by atoms with E-state index >= 15 is 0 Å². The third-order valence-corrected chi connectivity index (χ3v) is 7.39. The molecule has 0 radical (unpaired) electrons.